The molecule has 23 heavy (non-hydrogen) atoms. The van der Waals surface area contributed by atoms with Crippen LogP contribution in [0.4, 0.5) is 4.39 Å². The maximum atomic E-state index is 13.4. The first-order valence-electron chi connectivity index (χ1n) is 7.60. The minimum Gasteiger partial charge on any atom is -0.387 e. The number of carbonyl (C=O) groups excluding carboxylic acids is 1. The molecule has 0 bridgehead atoms. The molecule has 4 heteroatoms. The molecule has 0 aliphatic rings. The molecule has 0 aliphatic heterocycles. The fourth-order valence-corrected chi connectivity index (χ4v) is 2.49. The Balaban J connectivity index is 2.05. The first-order valence-corrected chi connectivity index (χ1v) is 7.60. The molecule has 0 saturated heterocycles. The number of aliphatic hydroxyl groups is 1. The van der Waals surface area contributed by atoms with E-state index in [1.807, 2.05) is 31.2 Å². The van der Waals surface area contributed by atoms with Gasteiger partial charge in [0.25, 0.3) is 0 Å². The minimum absolute atomic E-state index is 0.114. The van der Waals surface area contributed by atoms with E-state index in [4.69, 9.17) is 0 Å². The maximum Gasteiger partial charge on any atom is 0.230 e. The van der Waals surface area contributed by atoms with Crippen molar-refractivity contribution in [2.45, 2.75) is 32.3 Å². The Morgan fingerprint density at radius 1 is 1.22 bits per heavy atom. The summed E-state index contributed by atoms with van der Waals surface area (Å²) >= 11 is 0. The van der Waals surface area contributed by atoms with Crippen molar-refractivity contribution in [3.8, 4) is 0 Å². The van der Waals surface area contributed by atoms with Gasteiger partial charge >= 0.3 is 0 Å². The van der Waals surface area contributed by atoms with E-state index in [-0.39, 0.29) is 18.3 Å². The topological polar surface area (TPSA) is 49.3 Å². The highest BCUT2D eigenvalue weighted by Gasteiger charge is 2.30. The second kappa shape index (κ2) is 6.92. The van der Waals surface area contributed by atoms with Crippen LogP contribution < -0.4 is 5.32 Å². The van der Waals surface area contributed by atoms with Gasteiger partial charge in [-0.05, 0) is 49.6 Å². The van der Waals surface area contributed by atoms with Gasteiger partial charge in [0.2, 0.25) is 5.91 Å². The zero-order chi connectivity index (χ0) is 17.0. The van der Waals surface area contributed by atoms with Crippen molar-refractivity contribution in [1.29, 1.82) is 0 Å². The third-order valence-electron chi connectivity index (χ3n) is 4.12. The fourth-order valence-electron chi connectivity index (χ4n) is 2.49. The van der Waals surface area contributed by atoms with E-state index in [1.54, 1.807) is 26.0 Å². The van der Waals surface area contributed by atoms with E-state index in [2.05, 4.69) is 5.32 Å². The number of nitrogens with one attached hydrogen (secondary N) is 1. The Kier molecular flexibility index (Phi) is 5.16. The van der Waals surface area contributed by atoms with E-state index in [9.17, 15) is 14.3 Å². The molecular formula is C19H22FNO2. The Hall–Kier alpha value is -2.20. The Bertz CT molecular complexity index is 697. The second-order valence-electron chi connectivity index (χ2n) is 6.22. The Labute approximate surface area is 136 Å². The lowest BCUT2D eigenvalue weighted by Crippen LogP contribution is -2.41. The lowest BCUT2D eigenvalue weighted by molar-refractivity contribution is -0.126. The van der Waals surface area contributed by atoms with Crippen LogP contribution in [0.1, 0.15) is 36.6 Å². The van der Waals surface area contributed by atoms with E-state index < -0.39 is 11.5 Å². The van der Waals surface area contributed by atoms with Gasteiger partial charge in [-0.15, -0.1) is 0 Å². The molecule has 0 radical (unpaired) electrons. The van der Waals surface area contributed by atoms with Gasteiger partial charge in [-0.25, -0.2) is 4.39 Å². The second-order valence-corrected chi connectivity index (χ2v) is 6.22. The van der Waals surface area contributed by atoms with Crippen LogP contribution >= 0.6 is 0 Å². The van der Waals surface area contributed by atoms with Crippen LogP contribution in [0.25, 0.3) is 0 Å². The number of rotatable bonds is 5. The molecule has 2 rings (SSSR count). The molecule has 122 valence electrons. The van der Waals surface area contributed by atoms with Gasteiger partial charge in [0, 0.05) is 6.54 Å². The van der Waals surface area contributed by atoms with Crippen molar-refractivity contribution in [3.63, 3.8) is 0 Å². The average molecular weight is 315 g/mol. The summed E-state index contributed by atoms with van der Waals surface area (Å²) in [7, 11) is 0. The summed E-state index contributed by atoms with van der Waals surface area (Å²) in [6, 6.07) is 13.5. The van der Waals surface area contributed by atoms with Gasteiger partial charge < -0.3 is 10.4 Å². The SMILES string of the molecule is Cc1ccccc1C(O)CNC(=O)C(C)(C)c1cccc(F)c1. The predicted molar refractivity (Wildman–Crippen MR) is 88.6 cm³/mol. The molecule has 2 N–H and O–H groups in total. The van der Waals surface area contributed by atoms with Crippen molar-refractivity contribution in [2.24, 2.45) is 0 Å². The van der Waals surface area contributed by atoms with Crippen LogP contribution in [-0.4, -0.2) is 17.6 Å². The summed E-state index contributed by atoms with van der Waals surface area (Å²) in [6.45, 7) is 5.49. The molecule has 0 aliphatic carbocycles. The highest BCUT2D eigenvalue weighted by Crippen LogP contribution is 2.24. The molecule has 0 aromatic heterocycles. The summed E-state index contributed by atoms with van der Waals surface area (Å²) in [5.41, 5.74) is 1.48. The van der Waals surface area contributed by atoms with Crippen molar-refractivity contribution in [2.75, 3.05) is 6.54 Å². The highest BCUT2D eigenvalue weighted by molar-refractivity contribution is 5.87. The first-order chi connectivity index (χ1) is 10.8. The molecule has 2 aromatic carbocycles. The zero-order valence-corrected chi connectivity index (χ0v) is 13.6. The van der Waals surface area contributed by atoms with Gasteiger partial charge in [-0.1, -0.05) is 36.4 Å². The van der Waals surface area contributed by atoms with Gasteiger partial charge in [-0.2, -0.15) is 0 Å². The number of benzene rings is 2. The average Bonchev–Trinajstić information content (AvgIpc) is 2.52. The van der Waals surface area contributed by atoms with Crippen molar-refractivity contribution >= 4 is 5.91 Å². The molecule has 2 aromatic rings. The summed E-state index contributed by atoms with van der Waals surface area (Å²) in [5.74, 6) is -0.626. The van der Waals surface area contributed by atoms with E-state index in [0.717, 1.165) is 11.1 Å². The predicted octanol–water partition coefficient (Wildman–Crippen LogP) is 3.26. The van der Waals surface area contributed by atoms with E-state index in [0.29, 0.717) is 5.56 Å². The van der Waals surface area contributed by atoms with Crippen LogP contribution in [0.5, 0.6) is 0 Å². The van der Waals surface area contributed by atoms with Crippen LogP contribution in [-0.2, 0) is 10.2 Å². The monoisotopic (exact) mass is 315 g/mol. The zero-order valence-electron chi connectivity index (χ0n) is 13.6. The Morgan fingerprint density at radius 2 is 1.91 bits per heavy atom. The molecular weight excluding hydrogens is 293 g/mol. The van der Waals surface area contributed by atoms with Crippen molar-refractivity contribution in [1.82, 2.24) is 5.32 Å². The lowest BCUT2D eigenvalue weighted by Gasteiger charge is -2.25. The molecule has 0 saturated carbocycles. The molecule has 3 nitrogen and oxygen atoms in total. The quantitative estimate of drug-likeness (QED) is 0.890. The standard InChI is InChI=1S/C19H22FNO2/c1-13-7-4-5-10-16(13)17(22)12-21-18(23)19(2,3)14-8-6-9-15(20)11-14/h4-11,17,22H,12H2,1-3H3,(H,21,23). The van der Waals surface area contributed by atoms with E-state index >= 15 is 0 Å². The third kappa shape index (κ3) is 3.96. The van der Waals surface area contributed by atoms with Crippen LogP contribution in [0.2, 0.25) is 0 Å². The molecule has 1 unspecified atom stereocenters. The summed E-state index contributed by atoms with van der Waals surface area (Å²) in [4.78, 5) is 12.5. The third-order valence-corrected chi connectivity index (χ3v) is 4.12. The Morgan fingerprint density at radius 3 is 2.57 bits per heavy atom. The van der Waals surface area contributed by atoms with Crippen molar-refractivity contribution in [3.05, 3.63) is 71.0 Å². The van der Waals surface area contributed by atoms with Crippen LogP contribution in [0.3, 0.4) is 0 Å². The number of carbonyl (C=O) groups is 1. The van der Waals surface area contributed by atoms with Crippen LogP contribution in [0.15, 0.2) is 48.5 Å². The number of aryl methyl sites for hydroxylation is 1. The molecule has 0 fully saturated rings. The molecule has 1 atom stereocenters. The van der Waals surface area contributed by atoms with Gasteiger partial charge in [-0.3, -0.25) is 4.79 Å². The smallest absolute Gasteiger partial charge is 0.230 e. The number of amides is 1. The fraction of sp³-hybridized carbons (Fsp3) is 0.316. The highest BCUT2D eigenvalue weighted by atomic mass is 19.1. The molecule has 1 amide bonds. The summed E-state index contributed by atoms with van der Waals surface area (Å²) < 4.78 is 13.4. The summed E-state index contributed by atoms with van der Waals surface area (Å²) in [6.07, 6.45) is -0.775. The van der Waals surface area contributed by atoms with Gasteiger partial charge in [0.15, 0.2) is 0 Å². The van der Waals surface area contributed by atoms with Gasteiger partial charge in [0.1, 0.15) is 5.82 Å². The molecule has 0 spiro atoms. The summed E-state index contributed by atoms with van der Waals surface area (Å²) in [5, 5.41) is 13.0. The number of halogens is 1. The number of hydrogen-bond acceptors (Lipinski definition) is 2. The first kappa shape index (κ1) is 17.2. The van der Waals surface area contributed by atoms with Crippen molar-refractivity contribution < 1.29 is 14.3 Å². The van der Waals surface area contributed by atoms with Crippen LogP contribution in [0, 0.1) is 12.7 Å². The normalized spacial score (nSPS) is 12.7. The number of aliphatic hydroxyl groups excluding tert-OH is 1. The largest absolute Gasteiger partial charge is 0.387 e. The van der Waals surface area contributed by atoms with E-state index in [1.165, 1.54) is 12.1 Å². The minimum atomic E-state index is -0.881. The number of hydrogen-bond donors (Lipinski definition) is 2. The maximum absolute atomic E-state index is 13.4. The molecule has 0 heterocycles. The lowest BCUT2D eigenvalue weighted by atomic mass is 9.83. The van der Waals surface area contributed by atoms with Gasteiger partial charge in [0.05, 0.1) is 11.5 Å².